The highest BCUT2D eigenvalue weighted by atomic mass is 16.4. The fraction of sp³-hybridized carbons (Fsp3) is 0.500. The van der Waals surface area contributed by atoms with Gasteiger partial charge in [-0.05, 0) is 49.4 Å². The Morgan fingerprint density at radius 2 is 2.06 bits per heavy atom. The molecule has 0 spiro atoms. The molecular formula is C14H21N3O. The molecule has 1 aliphatic heterocycles. The van der Waals surface area contributed by atoms with Crippen molar-refractivity contribution in [3.05, 3.63) is 29.3 Å². The van der Waals surface area contributed by atoms with E-state index in [2.05, 4.69) is 29.1 Å². The van der Waals surface area contributed by atoms with E-state index >= 15 is 0 Å². The first-order valence-electron chi connectivity index (χ1n) is 6.45. The van der Waals surface area contributed by atoms with Crippen LogP contribution in [0.25, 0.3) is 0 Å². The summed E-state index contributed by atoms with van der Waals surface area (Å²) in [5, 5.41) is 11.8. The van der Waals surface area contributed by atoms with Crippen LogP contribution in [0.15, 0.2) is 23.4 Å². The number of nitrogens with two attached hydrogens (primary N) is 1. The Kier molecular flexibility index (Phi) is 3.75. The fourth-order valence-corrected chi connectivity index (χ4v) is 2.45. The molecule has 3 N–H and O–H groups in total. The van der Waals surface area contributed by atoms with Crippen molar-refractivity contribution in [1.29, 1.82) is 0 Å². The predicted molar refractivity (Wildman–Crippen MR) is 74.3 cm³/mol. The summed E-state index contributed by atoms with van der Waals surface area (Å²) in [5.41, 5.74) is 8.70. The third-order valence-corrected chi connectivity index (χ3v) is 3.74. The lowest BCUT2D eigenvalue weighted by Crippen LogP contribution is -2.32. The van der Waals surface area contributed by atoms with Crippen LogP contribution in [0, 0.1) is 12.8 Å². The molecule has 1 aromatic rings. The summed E-state index contributed by atoms with van der Waals surface area (Å²) in [6, 6.07) is 6.09. The van der Waals surface area contributed by atoms with Gasteiger partial charge >= 0.3 is 0 Å². The number of oxime groups is 1. The second-order valence-corrected chi connectivity index (χ2v) is 5.15. The molecule has 1 saturated heterocycles. The third-order valence-electron chi connectivity index (χ3n) is 3.74. The van der Waals surface area contributed by atoms with E-state index in [1.807, 2.05) is 13.0 Å². The summed E-state index contributed by atoms with van der Waals surface area (Å²) in [5.74, 6) is 1.00. The van der Waals surface area contributed by atoms with Crippen LogP contribution in [-0.4, -0.2) is 24.1 Å². The largest absolute Gasteiger partial charge is 0.409 e. The van der Waals surface area contributed by atoms with Crippen molar-refractivity contribution in [3.63, 3.8) is 0 Å². The molecule has 1 fully saturated rings. The van der Waals surface area contributed by atoms with Gasteiger partial charge in [-0.15, -0.1) is 0 Å². The van der Waals surface area contributed by atoms with Gasteiger partial charge in [-0.25, -0.2) is 0 Å². The van der Waals surface area contributed by atoms with E-state index in [0.717, 1.165) is 30.1 Å². The topological polar surface area (TPSA) is 61.8 Å². The van der Waals surface area contributed by atoms with E-state index in [-0.39, 0.29) is 5.84 Å². The van der Waals surface area contributed by atoms with Gasteiger partial charge in [0.1, 0.15) is 0 Å². The van der Waals surface area contributed by atoms with Gasteiger partial charge in [-0.1, -0.05) is 12.1 Å². The quantitative estimate of drug-likeness (QED) is 0.365. The summed E-state index contributed by atoms with van der Waals surface area (Å²) in [6.45, 7) is 6.53. The summed E-state index contributed by atoms with van der Waals surface area (Å²) >= 11 is 0. The molecule has 1 aliphatic rings. The van der Waals surface area contributed by atoms with E-state index in [9.17, 15) is 0 Å². The molecule has 18 heavy (non-hydrogen) atoms. The van der Waals surface area contributed by atoms with E-state index < -0.39 is 0 Å². The SMILES string of the molecule is Cc1cc(N2CCC(C)CC2)ccc1/C(N)=N/O. The van der Waals surface area contributed by atoms with Gasteiger partial charge in [0.05, 0.1) is 0 Å². The average molecular weight is 247 g/mol. The van der Waals surface area contributed by atoms with E-state index in [1.54, 1.807) is 0 Å². The molecule has 98 valence electrons. The van der Waals surface area contributed by atoms with Crippen molar-refractivity contribution in [2.45, 2.75) is 26.7 Å². The number of piperidine rings is 1. The van der Waals surface area contributed by atoms with E-state index in [1.165, 1.54) is 18.5 Å². The maximum atomic E-state index is 8.71. The molecule has 1 aromatic carbocycles. The fourth-order valence-electron chi connectivity index (χ4n) is 2.45. The maximum absolute atomic E-state index is 8.71. The second kappa shape index (κ2) is 5.29. The Balaban J connectivity index is 2.19. The van der Waals surface area contributed by atoms with Crippen molar-refractivity contribution in [1.82, 2.24) is 0 Å². The van der Waals surface area contributed by atoms with Crippen molar-refractivity contribution in [3.8, 4) is 0 Å². The van der Waals surface area contributed by atoms with Crippen molar-refractivity contribution < 1.29 is 5.21 Å². The number of aryl methyl sites for hydroxylation is 1. The maximum Gasteiger partial charge on any atom is 0.170 e. The van der Waals surface area contributed by atoms with Crippen molar-refractivity contribution in [2.24, 2.45) is 16.8 Å². The van der Waals surface area contributed by atoms with Crippen LogP contribution in [0.2, 0.25) is 0 Å². The molecule has 2 rings (SSSR count). The minimum Gasteiger partial charge on any atom is -0.409 e. The summed E-state index contributed by atoms with van der Waals surface area (Å²) < 4.78 is 0. The summed E-state index contributed by atoms with van der Waals surface area (Å²) in [4.78, 5) is 2.41. The number of benzene rings is 1. The van der Waals surface area contributed by atoms with Crippen molar-refractivity contribution >= 4 is 11.5 Å². The smallest absolute Gasteiger partial charge is 0.170 e. The number of nitrogens with zero attached hydrogens (tertiary/aromatic N) is 2. The molecule has 0 bridgehead atoms. The van der Waals surface area contributed by atoms with Crippen LogP contribution in [0.3, 0.4) is 0 Å². The van der Waals surface area contributed by atoms with Crippen LogP contribution in [0.4, 0.5) is 5.69 Å². The normalized spacial score (nSPS) is 18.1. The van der Waals surface area contributed by atoms with Crippen LogP contribution in [-0.2, 0) is 0 Å². The lowest BCUT2D eigenvalue weighted by Gasteiger charge is -2.32. The lowest BCUT2D eigenvalue weighted by atomic mass is 9.98. The molecule has 0 amide bonds. The average Bonchev–Trinajstić information content (AvgIpc) is 2.38. The monoisotopic (exact) mass is 247 g/mol. The Labute approximate surface area is 108 Å². The van der Waals surface area contributed by atoms with E-state index in [4.69, 9.17) is 10.9 Å². The van der Waals surface area contributed by atoms with Gasteiger partial charge in [0.2, 0.25) is 0 Å². The van der Waals surface area contributed by atoms with Crippen molar-refractivity contribution in [2.75, 3.05) is 18.0 Å². The van der Waals surface area contributed by atoms with E-state index in [0.29, 0.717) is 0 Å². The Hall–Kier alpha value is -1.71. The first-order chi connectivity index (χ1) is 8.61. The number of anilines is 1. The zero-order valence-electron chi connectivity index (χ0n) is 11.1. The third kappa shape index (κ3) is 2.58. The molecule has 0 unspecified atom stereocenters. The highest BCUT2D eigenvalue weighted by molar-refractivity contribution is 5.98. The second-order valence-electron chi connectivity index (χ2n) is 5.15. The molecule has 0 atom stereocenters. The number of rotatable bonds is 2. The van der Waals surface area contributed by atoms with Crippen LogP contribution in [0.5, 0.6) is 0 Å². The van der Waals surface area contributed by atoms with Gasteiger partial charge in [0.25, 0.3) is 0 Å². The van der Waals surface area contributed by atoms with Gasteiger partial charge in [-0.3, -0.25) is 0 Å². The first-order valence-corrected chi connectivity index (χ1v) is 6.45. The van der Waals surface area contributed by atoms with Gasteiger partial charge in [0, 0.05) is 24.3 Å². The predicted octanol–water partition coefficient (Wildman–Crippen LogP) is 2.33. The first kappa shape index (κ1) is 12.7. The molecule has 0 saturated carbocycles. The highest BCUT2D eigenvalue weighted by Crippen LogP contribution is 2.24. The molecular weight excluding hydrogens is 226 g/mol. The minimum absolute atomic E-state index is 0.173. The van der Waals surface area contributed by atoms with Gasteiger partial charge in [-0.2, -0.15) is 0 Å². The molecule has 0 aliphatic carbocycles. The molecule has 0 aromatic heterocycles. The zero-order valence-corrected chi connectivity index (χ0v) is 11.1. The number of hydrogen-bond acceptors (Lipinski definition) is 3. The number of hydrogen-bond donors (Lipinski definition) is 2. The Morgan fingerprint density at radius 3 is 2.61 bits per heavy atom. The van der Waals surface area contributed by atoms with Gasteiger partial charge < -0.3 is 15.8 Å². The molecule has 1 heterocycles. The summed E-state index contributed by atoms with van der Waals surface area (Å²) in [7, 11) is 0. The minimum atomic E-state index is 0.173. The Bertz CT molecular complexity index is 448. The molecule has 4 heteroatoms. The molecule has 0 radical (unpaired) electrons. The summed E-state index contributed by atoms with van der Waals surface area (Å²) in [6.07, 6.45) is 2.50. The zero-order chi connectivity index (χ0) is 13.1. The van der Waals surface area contributed by atoms with Crippen LogP contribution in [0.1, 0.15) is 30.9 Å². The van der Waals surface area contributed by atoms with Gasteiger partial charge in [0.15, 0.2) is 5.84 Å². The Morgan fingerprint density at radius 1 is 1.39 bits per heavy atom. The molecule has 4 nitrogen and oxygen atoms in total. The number of amidine groups is 1. The van der Waals surface area contributed by atoms with Crippen LogP contribution >= 0.6 is 0 Å². The standard InChI is InChI=1S/C14H21N3O/c1-10-5-7-17(8-6-10)12-3-4-13(11(2)9-12)14(15)16-18/h3-4,9-10,18H,5-8H2,1-2H3,(H2,15,16). The lowest BCUT2D eigenvalue weighted by molar-refractivity contribution is 0.318. The van der Waals surface area contributed by atoms with Crippen LogP contribution < -0.4 is 10.6 Å². The highest BCUT2D eigenvalue weighted by Gasteiger charge is 2.16.